The summed E-state index contributed by atoms with van der Waals surface area (Å²) in [5.41, 5.74) is 0.913. The molecular weight excluding hydrogens is 320 g/mol. The van der Waals surface area contributed by atoms with Crippen molar-refractivity contribution in [3.63, 3.8) is 0 Å². The first-order valence-corrected chi connectivity index (χ1v) is 7.65. The Labute approximate surface area is 136 Å². The lowest BCUT2D eigenvalue weighted by molar-refractivity contribution is -0.380. The Hall–Kier alpha value is -2.68. The number of methoxy groups -OCH3 is 1. The molecule has 8 nitrogen and oxygen atoms in total. The van der Waals surface area contributed by atoms with E-state index in [0.717, 1.165) is 22.6 Å². The fourth-order valence-corrected chi connectivity index (χ4v) is 2.66. The normalized spacial score (nSPS) is 11.3. The third kappa shape index (κ3) is 4.39. The summed E-state index contributed by atoms with van der Waals surface area (Å²) in [5.74, 6) is 0.724. The summed E-state index contributed by atoms with van der Waals surface area (Å²) < 4.78 is 6.68. The molecule has 2 amide bonds. The van der Waals surface area contributed by atoms with Crippen LogP contribution in [-0.2, 0) is 6.54 Å². The van der Waals surface area contributed by atoms with Gasteiger partial charge in [0, 0.05) is 6.54 Å². The van der Waals surface area contributed by atoms with Crippen LogP contribution in [0.1, 0.15) is 12.5 Å². The number of hydrogen-bond acceptors (Lipinski definition) is 5. The standard InChI is InChI=1S/C14H16N4O4S/c1-3-15-13(19)16-14-17(9-12(23-14)18(20)21)8-10-4-6-11(22-2)7-5-10/h4-7,9H,3,8H2,1-2H3,(H,15,19)/b16-14-. The second-order valence-corrected chi connectivity index (χ2v) is 5.52. The zero-order chi connectivity index (χ0) is 16.8. The Morgan fingerprint density at radius 2 is 2.13 bits per heavy atom. The number of aromatic nitrogens is 1. The van der Waals surface area contributed by atoms with Crippen molar-refractivity contribution in [1.82, 2.24) is 9.88 Å². The fraction of sp³-hybridized carbons (Fsp3) is 0.286. The molecule has 1 N–H and O–H groups in total. The number of thiazole rings is 1. The molecule has 9 heteroatoms. The molecule has 0 spiro atoms. The number of rotatable bonds is 5. The lowest BCUT2D eigenvalue weighted by atomic mass is 10.2. The highest BCUT2D eigenvalue weighted by Crippen LogP contribution is 2.16. The van der Waals surface area contributed by atoms with Crippen molar-refractivity contribution in [2.24, 2.45) is 4.99 Å². The number of carbonyl (C=O) groups is 1. The SMILES string of the molecule is CCNC(=O)/N=c1\sc([N+](=O)[O-])cn1Cc1ccc(OC)cc1. The van der Waals surface area contributed by atoms with Gasteiger partial charge in [-0.15, -0.1) is 0 Å². The van der Waals surface area contributed by atoms with Crippen LogP contribution in [0.4, 0.5) is 9.80 Å². The first kappa shape index (κ1) is 16.7. The summed E-state index contributed by atoms with van der Waals surface area (Å²) >= 11 is 0.860. The summed E-state index contributed by atoms with van der Waals surface area (Å²) in [7, 11) is 1.58. The molecule has 122 valence electrons. The van der Waals surface area contributed by atoms with Crippen molar-refractivity contribution < 1.29 is 14.5 Å². The maximum atomic E-state index is 11.6. The predicted molar refractivity (Wildman–Crippen MR) is 85.7 cm³/mol. The average Bonchev–Trinajstić information content (AvgIpc) is 2.91. The zero-order valence-electron chi connectivity index (χ0n) is 12.7. The fourth-order valence-electron chi connectivity index (χ4n) is 1.86. The number of nitrogens with one attached hydrogen (secondary N) is 1. The second-order valence-electron chi connectivity index (χ2n) is 4.53. The highest BCUT2D eigenvalue weighted by atomic mass is 32.1. The van der Waals surface area contributed by atoms with Gasteiger partial charge in [-0.05, 0) is 36.0 Å². The van der Waals surface area contributed by atoms with E-state index in [1.165, 1.54) is 6.20 Å². The third-order valence-electron chi connectivity index (χ3n) is 2.92. The molecule has 0 saturated heterocycles. The van der Waals surface area contributed by atoms with Gasteiger partial charge < -0.3 is 14.6 Å². The van der Waals surface area contributed by atoms with Gasteiger partial charge in [-0.1, -0.05) is 12.1 Å². The van der Waals surface area contributed by atoms with E-state index in [4.69, 9.17) is 4.74 Å². The molecule has 2 rings (SSSR count). The summed E-state index contributed by atoms with van der Waals surface area (Å²) in [6.45, 7) is 2.58. The van der Waals surface area contributed by atoms with E-state index in [1.807, 2.05) is 12.1 Å². The van der Waals surface area contributed by atoms with Crippen molar-refractivity contribution in [2.75, 3.05) is 13.7 Å². The minimum atomic E-state index is -0.521. The van der Waals surface area contributed by atoms with Crippen LogP contribution in [0.15, 0.2) is 35.5 Å². The second kappa shape index (κ2) is 7.54. The van der Waals surface area contributed by atoms with Gasteiger partial charge in [0.2, 0.25) is 4.80 Å². The molecule has 0 saturated carbocycles. The number of hydrogen-bond donors (Lipinski definition) is 1. The van der Waals surface area contributed by atoms with Gasteiger partial charge in [-0.3, -0.25) is 10.1 Å². The van der Waals surface area contributed by atoms with Gasteiger partial charge in [0.05, 0.1) is 24.8 Å². The molecule has 0 bridgehead atoms. The molecule has 23 heavy (non-hydrogen) atoms. The minimum absolute atomic E-state index is 0.0680. The molecule has 0 atom stereocenters. The van der Waals surface area contributed by atoms with E-state index in [1.54, 1.807) is 30.7 Å². The number of ether oxygens (including phenoxy) is 1. The Balaban J connectivity index is 2.35. The molecule has 0 fully saturated rings. The highest BCUT2D eigenvalue weighted by Gasteiger charge is 2.13. The van der Waals surface area contributed by atoms with Crippen LogP contribution < -0.4 is 14.9 Å². The molecule has 1 heterocycles. The third-order valence-corrected chi connectivity index (χ3v) is 3.90. The predicted octanol–water partition coefficient (Wildman–Crippen LogP) is 2.14. The number of benzene rings is 1. The molecule has 0 aliphatic carbocycles. The van der Waals surface area contributed by atoms with E-state index in [9.17, 15) is 14.9 Å². The molecule has 1 aromatic carbocycles. The largest absolute Gasteiger partial charge is 0.497 e. The Bertz CT molecular complexity index is 764. The molecule has 0 radical (unpaired) electrons. The minimum Gasteiger partial charge on any atom is -0.497 e. The van der Waals surface area contributed by atoms with Crippen LogP contribution in [0.5, 0.6) is 5.75 Å². The van der Waals surface area contributed by atoms with E-state index in [2.05, 4.69) is 10.3 Å². The molecule has 1 aromatic heterocycles. The molecule has 0 aliphatic heterocycles. The smallest absolute Gasteiger partial charge is 0.343 e. The van der Waals surface area contributed by atoms with Gasteiger partial charge in [0.15, 0.2) is 0 Å². The number of carbonyl (C=O) groups excluding carboxylic acids is 1. The number of nitrogens with zero attached hydrogens (tertiary/aromatic N) is 3. The quantitative estimate of drug-likeness (QED) is 0.668. The van der Waals surface area contributed by atoms with E-state index in [0.29, 0.717) is 13.1 Å². The summed E-state index contributed by atoms with van der Waals surface area (Å²) in [6.07, 6.45) is 1.38. The van der Waals surface area contributed by atoms with Crippen molar-refractivity contribution >= 4 is 22.4 Å². The van der Waals surface area contributed by atoms with E-state index < -0.39 is 11.0 Å². The van der Waals surface area contributed by atoms with Crippen molar-refractivity contribution in [1.29, 1.82) is 0 Å². The molecule has 0 unspecified atom stereocenters. The van der Waals surface area contributed by atoms with Gasteiger partial charge in [0.1, 0.15) is 5.75 Å². The topological polar surface area (TPSA) is 98.8 Å². The number of urea groups is 1. The zero-order valence-corrected chi connectivity index (χ0v) is 13.5. The maximum Gasteiger partial charge on any atom is 0.343 e. The maximum absolute atomic E-state index is 11.6. The lowest BCUT2D eigenvalue weighted by Gasteiger charge is -2.04. The highest BCUT2D eigenvalue weighted by molar-refractivity contribution is 7.12. The summed E-state index contributed by atoms with van der Waals surface area (Å²) in [5, 5.41) is 13.4. The van der Waals surface area contributed by atoms with Crippen LogP contribution in [0.2, 0.25) is 0 Å². The Morgan fingerprint density at radius 1 is 1.43 bits per heavy atom. The van der Waals surface area contributed by atoms with E-state index >= 15 is 0 Å². The van der Waals surface area contributed by atoms with Crippen molar-refractivity contribution in [2.45, 2.75) is 13.5 Å². The first-order valence-electron chi connectivity index (χ1n) is 6.83. The summed E-state index contributed by atoms with van der Waals surface area (Å²) in [4.78, 5) is 26.2. The van der Waals surface area contributed by atoms with Crippen LogP contribution in [-0.4, -0.2) is 29.2 Å². The molecule has 2 aromatic rings. The Kier molecular flexibility index (Phi) is 5.47. The first-order chi connectivity index (χ1) is 11.0. The average molecular weight is 336 g/mol. The van der Waals surface area contributed by atoms with Gasteiger partial charge in [-0.25, -0.2) is 4.79 Å². The molecular formula is C14H16N4O4S. The Morgan fingerprint density at radius 3 is 2.70 bits per heavy atom. The van der Waals surface area contributed by atoms with Crippen LogP contribution >= 0.6 is 11.3 Å². The van der Waals surface area contributed by atoms with Gasteiger partial charge in [-0.2, -0.15) is 4.99 Å². The van der Waals surface area contributed by atoms with Crippen LogP contribution in [0.3, 0.4) is 0 Å². The van der Waals surface area contributed by atoms with E-state index in [-0.39, 0.29) is 9.80 Å². The summed E-state index contributed by atoms with van der Waals surface area (Å²) in [6, 6.07) is 6.79. The molecule has 0 aliphatic rings. The van der Waals surface area contributed by atoms with Crippen molar-refractivity contribution in [3.8, 4) is 5.75 Å². The van der Waals surface area contributed by atoms with Gasteiger partial charge >= 0.3 is 11.0 Å². The number of nitro groups is 1. The van der Waals surface area contributed by atoms with Crippen LogP contribution in [0.25, 0.3) is 0 Å². The van der Waals surface area contributed by atoms with Crippen LogP contribution in [0, 0.1) is 10.1 Å². The van der Waals surface area contributed by atoms with Crippen molar-refractivity contribution in [3.05, 3.63) is 50.9 Å². The monoisotopic (exact) mass is 336 g/mol. The van der Waals surface area contributed by atoms with Gasteiger partial charge in [0.25, 0.3) is 0 Å². The lowest BCUT2D eigenvalue weighted by Crippen LogP contribution is -2.24. The number of amides is 2.